The van der Waals surface area contributed by atoms with Crippen molar-refractivity contribution in [2.45, 2.75) is 25.4 Å². The van der Waals surface area contributed by atoms with Gasteiger partial charge in [0.25, 0.3) is 0 Å². The van der Waals surface area contributed by atoms with Gasteiger partial charge in [0.1, 0.15) is 0 Å². The van der Waals surface area contributed by atoms with Crippen LogP contribution in [0.4, 0.5) is 0 Å². The minimum atomic E-state index is -1.82. The number of carbonyl (C=O) groups is 2. The summed E-state index contributed by atoms with van der Waals surface area (Å²) in [5.74, 6) is -3.65. The maximum atomic E-state index is 9.10. The number of carboxylic acid groups (broad SMARTS) is 2. The number of aliphatic hydroxyl groups excluding tert-OH is 1. The average molecular weight is 428 g/mol. The van der Waals surface area contributed by atoms with Crippen molar-refractivity contribution in [2.24, 2.45) is 0 Å². The number of aliphatic carboxylic acids is 2. The zero-order valence-electron chi connectivity index (χ0n) is 16.5. The van der Waals surface area contributed by atoms with Crippen molar-refractivity contribution in [1.29, 1.82) is 0 Å². The second-order valence-corrected chi connectivity index (χ2v) is 7.78. The molecule has 0 bridgehead atoms. The summed E-state index contributed by atoms with van der Waals surface area (Å²) in [6.07, 6.45) is 2.54. The quantitative estimate of drug-likeness (QED) is 0.599. The molecule has 0 aliphatic carbocycles. The zero-order chi connectivity index (χ0) is 21.2. The van der Waals surface area contributed by atoms with Crippen molar-refractivity contribution in [2.75, 3.05) is 52.4 Å². The third-order valence-electron chi connectivity index (χ3n) is 5.40. The van der Waals surface area contributed by atoms with E-state index in [4.69, 9.17) is 36.5 Å². The lowest BCUT2D eigenvalue weighted by Crippen LogP contribution is -2.53. The molecule has 0 unspecified atom stereocenters. The molecule has 0 radical (unpaired) electrons. The summed E-state index contributed by atoms with van der Waals surface area (Å²) < 4.78 is 0. The molecule has 2 fully saturated rings. The van der Waals surface area contributed by atoms with Crippen LogP contribution in [0.15, 0.2) is 24.3 Å². The Morgan fingerprint density at radius 1 is 0.897 bits per heavy atom. The molecule has 3 N–H and O–H groups in total. The lowest BCUT2D eigenvalue weighted by atomic mass is 10.0. The fraction of sp³-hybridized carbons (Fsp3) is 0.600. The summed E-state index contributed by atoms with van der Waals surface area (Å²) in [5.41, 5.74) is 1.35. The molecule has 2 saturated heterocycles. The zero-order valence-corrected chi connectivity index (χ0v) is 17.3. The number of likely N-dealkylation sites (tertiary alicyclic amines) is 1. The van der Waals surface area contributed by atoms with Crippen molar-refractivity contribution in [3.05, 3.63) is 34.9 Å². The molecule has 0 spiro atoms. The lowest BCUT2D eigenvalue weighted by molar-refractivity contribution is -0.159. The van der Waals surface area contributed by atoms with Gasteiger partial charge < -0.3 is 15.3 Å². The highest BCUT2D eigenvalue weighted by atomic mass is 35.5. The van der Waals surface area contributed by atoms with Crippen LogP contribution < -0.4 is 0 Å². The molecule has 0 aromatic heterocycles. The third-order valence-corrected chi connectivity index (χ3v) is 5.65. The molecule has 3 rings (SSSR count). The number of piperazine rings is 1. The predicted octanol–water partition coefficient (Wildman–Crippen LogP) is 1.07. The first-order valence-corrected chi connectivity index (χ1v) is 10.3. The van der Waals surface area contributed by atoms with Gasteiger partial charge in [-0.05, 0) is 43.6 Å². The number of hydrogen-bond donors (Lipinski definition) is 3. The van der Waals surface area contributed by atoms with Gasteiger partial charge in [-0.1, -0.05) is 23.7 Å². The van der Waals surface area contributed by atoms with Crippen molar-refractivity contribution in [3.63, 3.8) is 0 Å². The van der Waals surface area contributed by atoms with Crippen molar-refractivity contribution < 1.29 is 24.9 Å². The molecule has 0 atom stereocenters. The van der Waals surface area contributed by atoms with E-state index in [2.05, 4.69) is 26.8 Å². The van der Waals surface area contributed by atoms with Gasteiger partial charge in [0.15, 0.2) is 0 Å². The van der Waals surface area contributed by atoms with Gasteiger partial charge in [0.05, 0.1) is 6.61 Å². The van der Waals surface area contributed by atoms with Crippen LogP contribution in [0.2, 0.25) is 5.02 Å². The van der Waals surface area contributed by atoms with Crippen LogP contribution in [0.25, 0.3) is 0 Å². The molecule has 8 nitrogen and oxygen atoms in total. The van der Waals surface area contributed by atoms with Gasteiger partial charge in [-0.25, -0.2) is 9.59 Å². The number of rotatable bonds is 5. The van der Waals surface area contributed by atoms with Crippen LogP contribution in [0, 0.1) is 0 Å². The summed E-state index contributed by atoms with van der Waals surface area (Å²) in [4.78, 5) is 25.8. The normalized spacial score (nSPS) is 19.4. The van der Waals surface area contributed by atoms with E-state index in [9.17, 15) is 0 Å². The largest absolute Gasteiger partial charge is 0.473 e. The SMILES string of the molecule is O=C(O)C(=O)O.OCCN1CCN(C2CCN(Cc3ccc(Cl)cc3)CC2)CC1. The van der Waals surface area contributed by atoms with Gasteiger partial charge in [-0.15, -0.1) is 0 Å². The Morgan fingerprint density at radius 3 is 1.93 bits per heavy atom. The monoisotopic (exact) mass is 427 g/mol. The van der Waals surface area contributed by atoms with Gasteiger partial charge in [-0.3, -0.25) is 14.7 Å². The molecule has 1 aromatic rings. The minimum absolute atomic E-state index is 0.281. The number of hydrogen-bond acceptors (Lipinski definition) is 6. The van der Waals surface area contributed by atoms with Gasteiger partial charge in [0.2, 0.25) is 0 Å². The number of benzene rings is 1. The Balaban J connectivity index is 0.000000438. The summed E-state index contributed by atoms with van der Waals surface area (Å²) in [7, 11) is 0. The topological polar surface area (TPSA) is 105 Å². The van der Waals surface area contributed by atoms with Gasteiger partial charge in [0, 0.05) is 50.3 Å². The van der Waals surface area contributed by atoms with Crippen LogP contribution in [-0.2, 0) is 16.1 Å². The van der Waals surface area contributed by atoms with Crippen molar-refractivity contribution >= 4 is 23.5 Å². The van der Waals surface area contributed by atoms with Gasteiger partial charge in [-0.2, -0.15) is 0 Å². The van der Waals surface area contributed by atoms with E-state index in [0.717, 1.165) is 50.3 Å². The highest BCUT2D eigenvalue weighted by Gasteiger charge is 2.27. The smallest absolute Gasteiger partial charge is 0.414 e. The Kier molecular flexibility index (Phi) is 9.83. The Labute approximate surface area is 176 Å². The highest BCUT2D eigenvalue weighted by Crippen LogP contribution is 2.20. The molecular formula is C20H30ClN3O5. The summed E-state index contributed by atoms with van der Waals surface area (Å²) >= 11 is 5.95. The molecule has 2 heterocycles. The number of β-amino-alcohol motifs (C(OH)–C–C–N with tert-alkyl or cyclic N) is 1. The second-order valence-electron chi connectivity index (χ2n) is 7.35. The number of halogens is 1. The molecule has 2 aliphatic heterocycles. The molecule has 2 aliphatic rings. The molecule has 29 heavy (non-hydrogen) atoms. The first-order chi connectivity index (χ1) is 13.9. The minimum Gasteiger partial charge on any atom is -0.473 e. The van der Waals surface area contributed by atoms with Crippen LogP contribution >= 0.6 is 11.6 Å². The van der Waals surface area contributed by atoms with E-state index in [1.165, 1.54) is 31.5 Å². The molecule has 162 valence electrons. The van der Waals surface area contributed by atoms with E-state index < -0.39 is 11.9 Å². The fourth-order valence-corrected chi connectivity index (χ4v) is 3.91. The van der Waals surface area contributed by atoms with Gasteiger partial charge >= 0.3 is 11.9 Å². The first kappa shape index (κ1) is 23.6. The molecule has 9 heteroatoms. The maximum absolute atomic E-state index is 9.10. The number of aliphatic hydroxyl groups is 1. The van der Waals surface area contributed by atoms with Crippen LogP contribution in [0.5, 0.6) is 0 Å². The van der Waals surface area contributed by atoms with Crippen LogP contribution in [-0.4, -0.2) is 100 Å². The summed E-state index contributed by atoms with van der Waals surface area (Å²) in [5, 5.41) is 24.6. The lowest BCUT2D eigenvalue weighted by Gasteiger charge is -2.42. The van der Waals surface area contributed by atoms with E-state index in [1.54, 1.807) is 0 Å². The third kappa shape index (κ3) is 8.28. The standard InChI is InChI=1S/C18H28ClN3O.C2H2O4/c19-17-3-1-16(2-4-17)15-21-7-5-18(6-8-21)22-11-9-20(10-12-22)13-14-23;3-1(4)2(5)6/h1-4,18,23H,5-15H2;(H,3,4)(H,5,6). The van der Waals surface area contributed by atoms with Crippen molar-refractivity contribution in [3.8, 4) is 0 Å². The van der Waals surface area contributed by atoms with E-state index in [1.807, 2.05) is 12.1 Å². The molecule has 0 amide bonds. The number of carboxylic acids is 2. The average Bonchev–Trinajstić information content (AvgIpc) is 2.72. The Hall–Kier alpha value is -1.71. The predicted molar refractivity (Wildman–Crippen MR) is 110 cm³/mol. The number of piperidine rings is 1. The van der Waals surface area contributed by atoms with Crippen LogP contribution in [0.3, 0.4) is 0 Å². The fourth-order valence-electron chi connectivity index (χ4n) is 3.78. The summed E-state index contributed by atoms with van der Waals surface area (Å²) in [6.45, 7) is 9.03. The van der Waals surface area contributed by atoms with E-state index in [-0.39, 0.29) is 6.61 Å². The first-order valence-electron chi connectivity index (χ1n) is 9.89. The Morgan fingerprint density at radius 2 is 1.45 bits per heavy atom. The summed E-state index contributed by atoms with van der Waals surface area (Å²) in [6, 6.07) is 8.97. The second kappa shape index (κ2) is 12.1. The van der Waals surface area contributed by atoms with E-state index in [0.29, 0.717) is 0 Å². The molecular weight excluding hydrogens is 398 g/mol. The number of nitrogens with zero attached hydrogens (tertiary/aromatic N) is 3. The molecule has 0 saturated carbocycles. The highest BCUT2D eigenvalue weighted by molar-refractivity contribution is 6.30. The molecule has 1 aromatic carbocycles. The van der Waals surface area contributed by atoms with E-state index >= 15 is 0 Å². The van der Waals surface area contributed by atoms with Crippen LogP contribution in [0.1, 0.15) is 18.4 Å². The van der Waals surface area contributed by atoms with Crippen molar-refractivity contribution in [1.82, 2.24) is 14.7 Å². The maximum Gasteiger partial charge on any atom is 0.414 e. The Bertz CT molecular complexity index is 630.